The number of carbonyl (C=O) groups is 3. The van der Waals surface area contributed by atoms with E-state index in [1.165, 1.54) is 42.4 Å². The van der Waals surface area contributed by atoms with Crippen LogP contribution in [-0.2, 0) is 14.4 Å². The van der Waals surface area contributed by atoms with Gasteiger partial charge in [-0.15, -0.1) is 0 Å². The van der Waals surface area contributed by atoms with Crippen LogP contribution in [0.15, 0.2) is 78.9 Å². The van der Waals surface area contributed by atoms with Crippen molar-refractivity contribution < 1.29 is 24.2 Å². The molecule has 9 heteroatoms. The van der Waals surface area contributed by atoms with Gasteiger partial charge in [0.25, 0.3) is 0 Å². The van der Waals surface area contributed by atoms with Crippen LogP contribution in [0.25, 0.3) is 11.1 Å². The molecule has 4 saturated heterocycles. The Morgan fingerprint density at radius 3 is 2.30 bits per heavy atom. The molecule has 0 saturated carbocycles. The molecular weight excluding hydrogens is 665 g/mol. The number of benzene rings is 3. The maximum absolute atomic E-state index is 13.1. The monoisotopic (exact) mass is 718 g/mol. The summed E-state index contributed by atoms with van der Waals surface area (Å²) in [6.07, 6.45) is 9.50. The van der Waals surface area contributed by atoms with E-state index in [2.05, 4.69) is 71.0 Å². The first-order chi connectivity index (χ1) is 25.9. The van der Waals surface area contributed by atoms with Crippen LogP contribution in [0.5, 0.6) is 11.5 Å². The second-order valence-electron chi connectivity index (χ2n) is 15.3. The van der Waals surface area contributed by atoms with Crippen LogP contribution in [0.4, 0.5) is 0 Å². The Morgan fingerprint density at radius 2 is 1.57 bits per heavy atom. The Hall–Kier alpha value is -4.47. The summed E-state index contributed by atoms with van der Waals surface area (Å²) in [6.45, 7) is 6.59. The lowest BCUT2D eigenvalue weighted by Gasteiger charge is -2.32. The predicted octanol–water partition coefficient (Wildman–Crippen LogP) is 6.41. The number of phenolic OH excluding ortho intramolecular Hbond substituents is 1. The molecule has 4 fully saturated rings. The van der Waals surface area contributed by atoms with E-state index in [-0.39, 0.29) is 35.4 Å². The molecule has 3 aromatic carbocycles. The predicted molar refractivity (Wildman–Crippen MR) is 207 cm³/mol. The molecule has 3 N–H and O–H groups in total. The highest BCUT2D eigenvalue weighted by atomic mass is 16.5. The van der Waals surface area contributed by atoms with Crippen molar-refractivity contribution in [1.29, 1.82) is 0 Å². The van der Waals surface area contributed by atoms with Gasteiger partial charge in [0.1, 0.15) is 24.1 Å². The van der Waals surface area contributed by atoms with Gasteiger partial charge in [0.05, 0.1) is 5.92 Å². The number of piperidine rings is 2. The average Bonchev–Trinajstić information content (AvgIpc) is 3.76. The van der Waals surface area contributed by atoms with E-state index in [0.29, 0.717) is 32.0 Å². The quantitative estimate of drug-likeness (QED) is 0.100. The molecule has 280 valence electrons. The van der Waals surface area contributed by atoms with E-state index in [1.54, 1.807) is 17.0 Å². The average molecular weight is 719 g/mol. The van der Waals surface area contributed by atoms with Crippen LogP contribution in [0.2, 0.25) is 0 Å². The molecule has 5 atom stereocenters. The first kappa shape index (κ1) is 36.9. The second kappa shape index (κ2) is 17.1. The van der Waals surface area contributed by atoms with Gasteiger partial charge in [-0.05, 0) is 110 Å². The number of unbranched alkanes of at least 4 members (excludes halogenated alkanes) is 1. The molecule has 53 heavy (non-hydrogen) atoms. The number of hydrogen-bond donors (Lipinski definition) is 3. The van der Waals surface area contributed by atoms with Crippen molar-refractivity contribution in [2.24, 2.45) is 11.8 Å². The third kappa shape index (κ3) is 8.85. The summed E-state index contributed by atoms with van der Waals surface area (Å²) in [5.41, 5.74) is 5.83. The van der Waals surface area contributed by atoms with Crippen molar-refractivity contribution in [3.8, 4) is 11.5 Å². The lowest BCUT2D eigenvalue weighted by atomic mass is 9.87. The van der Waals surface area contributed by atoms with E-state index in [9.17, 15) is 19.5 Å². The highest BCUT2D eigenvalue weighted by Gasteiger charge is 2.48. The summed E-state index contributed by atoms with van der Waals surface area (Å²) >= 11 is 0. The molecule has 7 rings (SSSR count). The molecule has 9 nitrogen and oxygen atoms in total. The van der Waals surface area contributed by atoms with Crippen LogP contribution in [0.1, 0.15) is 87.8 Å². The Bertz CT molecular complexity index is 1760. The van der Waals surface area contributed by atoms with Gasteiger partial charge in [0.2, 0.25) is 17.7 Å². The summed E-state index contributed by atoms with van der Waals surface area (Å²) in [5.74, 6) is 1.32. The lowest BCUT2D eigenvalue weighted by molar-refractivity contribution is -0.144. The van der Waals surface area contributed by atoms with Crippen molar-refractivity contribution in [2.45, 2.75) is 89.3 Å². The molecule has 4 aliphatic heterocycles. The van der Waals surface area contributed by atoms with Gasteiger partial charge < -0.3 is 20.1 Å². The minimum atomic E-state index is -0.510. The van der Waals surface area contributed by atoms with Gasteiger partial charge in [0.15, 0.2) is 0 Å². The van der Waals surface area contributed by atoms with Crippen molar-refractivity contribution in [3.63, 3.8) is 0 Å². The molecule has 0 bridgehead atoms. The summed E-state index contributed by atoms with van der Waals surface area (Å²) in [6, 6.07) is 26.4. The zero-order valence-electron chi connectivity index (χ0n) is 31.0. The van der Waals surface area contributed by atoms with Gasteiger partial charge >= 0.3 is 0 Å². The third-order valence-electron chi connectivity index (χ3n) is 11.9. The number of likely N-dealkylation sites (tertiary alicyclic amines) is 2. The SMILES string of the molecule is CC/C(=C(\c1ccc(O)cc1)c1ccc(OCCN2CCC(CCCCC3CCC4C(=O)N(C5CCC(=O)NC5=O)CC4N3)C2)cc1)c1ccccc1. The van der Waals surface area contributed by atoms with E-state index < -0.39 is 6.04 Å². The third-order valence-corrected chi connectivity index (χ3v) is 11.9. The van der Waals surface area contributed by atoms with Crippen molar-refractivity contribution in [2.75, 3.05) is 32.8 Å². The van der Waals surface area contributed by atoms with Gasteiger partial charge in [-0.3, -0.25) is 24.6 Å². The molecule has 4 heterocycles. The molecule has 0 spiro atoms. The fourth-order valence-electron chi connectivity index (χ4n) is 9.06. The zero-order chi connectivity index (χ0) is 36.7. The number of allylic oxidation sites excluding steroid dienone is 1. The number of imide groups is 1. The summed E-state index contributed by atoms with van der Waals surface area (Å²) in [7, 11) is 0. The molecule has 0 radical (unpaired) electrons. The zero-order valence-corrected chi connectivity index (χ0v) is 31.0. The van der Waals surface area contributed by atoms with Crippen LogP contribution in [0.3, 0.4) is 0 Å². The van der Waals surface area contributed by atoms with Crippen LogP contribution >= 0.6 is 0 Å². The number of aromatic hydroxyl groups is 1. The van der Waals surface area contributed by atoms with Crippen LogP contribution in [0, 0.1) is 11.8 Å². The summed E-state index contributed by atoms with van der Waals surface area (Å²) in [4.78, 5) is 41.3. The number of rotatable bonds is 14. The van der Waals surface area contributed by atoms with Gasteiger partial charge in [-0.2, -0.15) is 0 Å². The minimum absolute atomic E-state index is 0.0509. The molecule has 0 aliphatic carbocycles. The van der Waals surface area contributed by atoms with E-state index in [1.807, 2.05) is 18.2 Å². The number of nitrogens with zero attached hydrogens (tertiary/aromatic N) is 2. The van der Waals surface area contributed by atoms with Crippen molar-refractivity contribution >= 4 is 28.9 Å². The maximum Gasteiger partial charge on any atom is 0.249 e. The Balaban J connectivity index is 0.829. The van der Waals surface area contributed by atoms with Crippen molar-refractivity contribution in [3.05, 3.63) is 95.6 Å². The number of phenols is 1. The molecule has 4 aliphatic rings. The Morgan fingerprint density at radius 1 is 0.830 bits per heavy atom. The highest BCUT2D eigenvalue weighted by molar-refractivity contribution is 6.02. The van der Waals surface area contributed by atoms with Gasteiger partial charge in [0, 0.05) is 38.1 Å². The topological polar surface area (TPSA) is 111 Å². The molecule has 3 amide bonds. The van der Waals surface area contributed by atoms with E-state index in [0.717, 1.165) is 68.1 Å². The number of hydrogen-bond acceptors (Lipinski definition) is 7. The summed E-state index contributed by atoms with van der Waals surface area (Å²) < 4.78 is 6.23. The van der Waals surface area contributed by atoms with Crippen molar-refractivity contribution in [1.82, 2.24) is 20.4 Å². The lowest BCUT2D eigenvalue weighted by Crippen LogP contribution is -2.53. The first-order valence-corrected chi connectivity index (χ1v) is 19.8. The Labute approximate surface area is 313 Å². The molecule has 3 aromatic rings. The van der Waals surface area contributed by atoms with E-state index in [4.69, 9.17) is 4.74 Å². The standard InChI is InChI=1S/C44H54N4O5/c1-2-37(31-9-4-3-5-10-31)42(32-12-17-35(49)18-13-32)33-14-19-36(20-15-33)53-27-26-47-25-24-30(28-47)8-6-7-11-34-16-21-38-39(45-34)29-48(44(38)52)40-22-23-41(50)46-43(40)51/h3-5,9-10,12-15,17-20,30,34,38-40,45,49H,2,6-8,11,16,21-29H2,1H3,(H,46,50,51)/b42-37-. The van der Waals surface area contributed by atoms with E-state index >= 15 is 0 Å². The number of amides is 3. The second-order valence-corrected chi connectivity index (χ2v) is 15.3. The number of nitrogens with one attached hydrogen (secondary N) is 2. The van der Waals surface area contributed by atoms with Gasteiger partial charge in [-0.1, -0.05) is 74.4 Å². The molecular formula is C44H54N4O5. The van der Waals surface area contributed by atoms with Gasteiger partial charge in [-0.25, -0.2) is 0 Å². The number of ether oxygens (including phenoxy) is 1. The first-order valence-electron chi connectivity index (χ1n) is 19.8. The fourth-order valence-corrected chi connectivity index (χ4v) is 9.06. The van der Waals surface area contributed by atoms with Crippen LogP contribution < -0.4 is 15.4 Å². The van der Waals surface area contributed by atoms with Crippen LogP contribution in [-0.4, -0.2) is 83.5 Å². The largest absolute Gasteiger partial charge is 0.508 e. The maximum atomic E-state index is 13.1. The fraction of sp³-hybridized carbons (Fsp3) is 0.477. The molecule has 5 unspecified atom stereocenters. The Kier molecular flexibility index (Phi) is 11.9. The number of carbonyl (C=O) groups excluding carboxylic acids is 3. The normalized spacial score (nSPS) is 25.3. The highest BCUT2D eigenvalue weighted by Crippen LogP contribution is 2.36. The molecule has 0 aromatic heterocycles. The number of fused-ring (bicyclic) bond motifs is 1. The summed E-state index contributed by atoms with van der Waals surface area (Å²) in [5, 5.41) is 16.1. The smallest absolute Gasteiger partial charge is 0.249 e. The minimum Gasteiger partial charge on any atom is -0.508 e.